The van der Waals surface area contributed by atoms with Gasteiger partial charge in [0.05, 0.1) is 0 Å². The Morgan fingerprint density at radius 3 is 2.95 bits per heavy atom. The molecule has 0 aromatic carbocycles. The van der Waals surface area contributed by atoms with Gasteiger partial charge in [-0.15, -0.1) is 0 Å². The highest BCUT2D eigenvalue weighted by molar-refractivity contribution is 5.90. The smallest absolute Gasteiger partial charge is 0.289 e. The molecule has 0 aliphatic carbocycles. The maximum absolute atomic E-state index is 12.6. The van der Waals surface area contributed by atoms with Crippen LogP contribution in [-0.4, -0.2) is 46.0 Å². The molecule has 1 aromatic heterocycles. The van der Waals surface area contributed by atoms with Crippen molar-refractivity contribution in [2.24, 2.45) is 13.0 Å². The summed E-state index contributed by atoms with van der Waals surface area (Å²) in [4.78, 5) is 18.7. The molecule has 1 aliphatic rings. The van der Waals surface area contributed by atoms with Crippen LogP contribution in [-0.2, 0) is 7.05 Å². The minimum absolute atomic E-state index is 0.0369. The first-order valence-electron chi connectivity index (χ1n) is 7.08. The molecule has 1 saturated heterocycles. The first kappa shape index (κ1) is 14.1. The molecule has 2 rings (SSSR count). The fraction of sp³-hybridized carbons (Fsp3) is 0.714. The van der Waals surface area contributed by atoms with Gasteiger partial charge in [0.1, 0.15) is 0 Å². The second-order valence-corrected chi connectivity index (χ2v) is 5.76. The summed E-state index contributed by atoms with van der Waals surface area (Å²) in [6.07, 6.45) is 5.85. The third kappa shape index (κ3) is 3.56. The van der Waals surface area contributed by atoms with Crippen LogP contribution in [0.4, 0.5) is 0 Å². The fourth-order valence-corrected chi connectivity index (χ4v) is 2.57. The zero-order chi connectivity index (χ0) is 13.8. The van der Waals surface area contributed by atoms with Gasteiger partial charge in [0, 0.05) is 38.6 Å². The van der Waals surface area contributed by atoms with Crippen molar-refractivity contribution in [1.82, 2.24) is 19.8 Å². The summed E-state index contributed by atoms with van der Waals surface area (Å²) < 4.78 is 1.79. The molecule has 2 heterocycles. The summed E-state index contributed by atoms with van der Waals surface area (Å²) >= 11 is 0. The molecule has 0 saturated carbocycles. The largest absolute Gasteiger partial charge is 0.334 e. The Labute approximate surface area is 115 Å². The van der Waals surface area contributed by atoms with Gasteiger partial charge >= 0.3 is 0 Å². The molecule has 0 bridgehead atoms. The molecular weight excluding hydrogens is 240 g/mol. The molecule has 0 spiro atoms. The van der Waals surface area contributed by atoms with Gasteiger partial charge in [-0.1, -0.05) is 13.8 Å². The van der Waals surface area contributed by atoms with E-state index in [0.717, 1.165) is 26.1 Å². The fourth-order valence-electron chi connectivity index (χ4n) is 2.57. The molecular formula is C14H24N4O. The lowest BCUT2D eigenvalue weighted by Crippen LogP contribution is -2.43. The van der Waals surface area contributed by atoms with E-state index in [1.165, 1.54) is 6.42 Å². The lowest BCUT2D eigenvalue weighted by Gasteiger charge is -2.27. The van der Waals surface area contributed by atoms with Crippen molar-refractivity contribution >= 4 is 5.91 Å². The van der Waals surface area contributed by atoms with E-state index in [0.29, 0.717) is 17.8 Å². The molecule has 106 valence electrons. The van der Waals surface area contributed by atoms with E-state index in [9.17, 15) is 4.79 Å². The van der Waals surface area contributed by atoms with Crippen LogP contribution >= 0.6 is 0 Å². The second kappa shape index (κ2) is 6.19. The minimum atomic E-state index is 0.0369. The number of aromatic nitrogens is 2. The Morgan fingerprint density at radius 2 is 2.42 bits per heavy atom. The van der Waals surface area contributed by atoms with E-state index < -0.39 is 0 Å². The Hall–Kier alpha value is -1.36. The molecule has 1 amide bonds. The molecule has 19 heavy (non-hydrogen) atoms. The van der Waals surface area contributed by atoms with Crippen LogP contribution in [0.3, 0.4) is 0 Å². The van der Waals surface area contributed by atoms with Crippen molar-refractivity contribution in [3.63, 3.8) is 0 Å². The maximum Gasteiger partial charge on any atom is 0.289 e. The van der Waals surface area contributed by atoms with Crippen molar-refractivity contribution in [2.45, 2.75) is 32.7 Å². The van der Waals surface area contributed by atoms with Crippen molar-refractivity contribution in [1.29, 1.82) is 0 Å². The Kier molecular flexibility index (Phi) is 4.58. The number of nitrogens with one attached hydrogen (secondary N) is 1. The van der Waals surface area contributed by atoms with Gasteiger partial charge < -0.3 is 14.8 Å². The second-order valence-electron chi connectivity index (χ2n) is 5.76. The summed E-state index contributed by atoms with van der Waals surface area (Å²) in [5, 5.41) is 3.45. The Balaban J connectivity index is 2.07. The average Bonchev–Trinajstić information content (AvgIpc) is 2.98. The molecule has 1 N–H and O–H groups in total. The molecule has 5 heteroatoms. The number of aryl methyl sites for hydroxylation is 1. The zero-order valence-corrected chi connectivity index (χ0v) is 12.1. The van der Waals surface area contributed by atoms with Crippen LogP contribution in [0.25, 0.3) is 0 Å². The molecule has 1 unspecified atom stereocenters. The van der Waals surface area contributed by atoms with Gasteiger partial charge in [-0.2, -0.15) is 0 Å². The van der Waals surface area contributed by atoms with Crippen LogP contribution in [0, 0.1) is 5.92 Å². The van der Waals surface area contributed by atoms with E-state index in [4.69, 9.17) is 0 Å². The van der Waals surface area contributed by atoms with Crippen LogP contribution < -0.4 is 5.32 Å². The van der Waals surface area contributed by atoms with Crippen LogP contribution in [0.2, 0.25) is 0 Å². The quantitative estimate of drug-likeness (QED) is 0.871. The van der Waals surface area contributed by atoms with E-state index in [-0.39, 0.29) is 5.91 Å². The number of rotatable bonds is 5. The Morgan fingerprint density at radius 1 is 1.63 bits per heavy atom. The summed E-state index contributed by atoms with van der Waals surface area (Å²) in [5.41, 5.74) is 0. The molecule has 1 fully saturated rings. The van der Waals surface area contributed by atoms with E-state index in [1.807, 2.05) is 18.1 Å². The van der Waals surface area contributed by atoms with E-state index >= 15 is 0 Å². The Bertz CT molecular complexity index is 421. The van der Waals surface area contributed by atoms with E-state index in [1.54, 1.807) is 10.8 Å². The standard InChI is InChI=1S/C14H24N4O/c1-11(2)9-18(10-12-5-4-6-15-12)14(19)13-16-7-8-17(13)3/h7-8,11-12,15H,4-6,9-10H2,1-3H3. The predicted molar refractivity (Wildman–Crippen MR) is 75.0 cm³/mol. The molecule has 1 aromatic rings. The predicted octanol–water partition coefficient (Wildman–Crippen LogP) is 1.27. The number of hydrogen-bond acceptors (Lipinski definition) is 3. The topological polar surface area (TPSA) is 50.2 Å². The summed E-state index contributed by atoms with van der Waals surface area (Å²) in [6, 6.07) is 0.433. The van der Waals surface area contributed by atoms with Gasteiger partial charge in [-0.05, 0) is 25.3 Å². The van der Waals surface area contributed by atoms with Crippen molar-refractivity contribution in [3.8, 4) is 0 Å². The van der Waals surface area contributed by atoms with Gasteiger partial charge in [0.25, 0.3) is 5.91 Å². The number of carbonyl (C=O) groups excluding carboxylic acids is 1. The molecule has 1 aliphatic heterocycles. The monoisotopic (exact) mass is 264 g/mol. The summed E-state index contributed by atoms with van der Waals surface area (Å²) in [5.74, 6) is 1.03. The van der Waals surface area contributed by atoms with Gasteiger partial charge in [-0.25, -0.2) is 4.98 Å². The third-order valence-corrected chi connectivity index (χ3v) is 3.49. The number of hydrogen-bond donors (Lipinski definition) is 1. The van der Waals surface area contributed by atoms with Gasteiger partial charge in [0.2, 0.25) is 0 Å². The highest BCUT2D eigenvalue weighted by Gasteiger charge is 2.24. The molecule has 5 nitrogen and oxygen atoms in total. The summed E-state index contributed by atoms with van der Waals surface area (Å²) in [7, 11) is 1.86. The number of imidazole rings is 1. The molecule has 1 atom stereocenters. The maximum atomic E-state index is 12.6. The highest BCUT2D eigenvalue weighted by atomic mass is 16.2. The lowest BCUT2D eigenvalue weighted by atomic mass is 10.1. The lowest BCUT2D eigenvalue weighted by molar-refractivity contribution is 0.0705. The van der Waals surface area contributed by atoms with Crippen molar-refractivity contribution < 1.29 is 4.79 Å². The van der Waals surface area contributed by atoms with Crippen LogP contribution in [0.5, 0.6) is 0 Å². The number of nitrogens with zero attached hydrogens (tertiary/aromatic N) is 3. The average molecular weight is 264 g/mol. The van der Waals surface area contributed by atoms with Crippen molar-refractivity contribution in [2.75, 3.05) is 19.6 Å². The zero-order valence-electron chi connectivity index (χ0n) is 12.1. The van der Waals surface area contributed by atoms with Gasteiger partial charge in [0.15, 0.2) is 5.82 Å². The molecule has 0 radical (unpaired) electrons. The summed E-state index contributed by atoms with van der Waals surface area (Å²) in [6.45, 7) is 6.91. The first-order chi connectivity index (χ1) is 9.08. The number of amides is 1. The van der Waals surface area contributed by atoms with E-state index in [2.05, 4.69) is 24.1 Å². The highest BCUT2D eigenvalue weighted by Crippen LogP contribution is 2.11. The SMILES string of the molecule is CC(C)CN(CC1CCCN1)C(=O)c1nccn1C. The van der Waals surface area contributed by atoms with Crippen LogP contribution in [0.15, 0.2) is 12.4 Å². The van der Waals surface area contributed by atoms with Crippen LogP contribution in [0.1, 0.15) is 37.3 Å². The van der Waals surface area contributed by atoms with Gasteiger partial charge in [-0.3, -0.25) is 4.79 Å². The first-order valence-corrected chi connectivity index (χ1v) is 7.08. The normalized spacial score (nSPS) is 19.1. The van der Waals surface area contributed by atoms with Crippen molar-refractivity contribution in [3.05, 3.63) is 18.2 Å². The third-order valence-electron chi connectivity index (χ3n) is 3.49. The number of carbonyl (C=O) groups is 1. The minimum Gasteiger partial charge on any atom is -0.334 e.